The van der Waals surface area contributed by atoms with Gasteiger partial charge in [0.2, 0.25) is 0 Å². The second-order valence-corrected chi connectivity index (χ2v) is 6.01. The number of rotatable bonds is 9. The van der Waals surface area contributed by atoms with Crippen molar-refractivity contribution in [3.05, 3.63) is 69.8 Å². The fourth-order valence-electron chi connectivity index (χ4n) is 2.72. The molecule has 0 aliphatic heterocycles. The molecule has 7 heteroatoms. The lowest BCUT2D eigenvalue weighted by molar-refractivity contribution is -0.385. The Labute approximate surface area is 150 Å². The highest BCUT2D eigenvalue weighted by molar-refractivity contribution is 5.99. The van der Waals surface area contributed by atoms with Crippen LogP contribution < -0.4 is 5.32 Å². The highest BCUT2D eigenvalue weighted by Gasteiger charge is 2.19. The maximum atomic E-state index is 11.7. The minimum Gasteiger partial charge on any atom is -0.481 e. The number of carboxylic acids is 1. The smallest absolute Gasteiger partial charge is 0.303 e. The van der Waals surface area contributed by atoms with Gasteiger partial charge in [0.05, 0.1) is 10.5 Å². The summed E-state index contributed by atoms with van der Waals surface area (Å²) < 4.78 is 0. The molecule has 2 aromatic rings. The van der Waals surface area contributed by atoms with Crippen LogP contribution in [0, 0.1) is 10.1 Å². The van der Waals surface area contributed by atoms with Gasteiger partial charge in [-0.25, -0.2) is 0 Å². The van der Waals surface area contributed by atoms with Crippen LogP contribution in [0.4, 0.5) is 11.4 Å². The van der Waals surface area contributed by atoms with Gasteiger partial charge in [-0.1, -0.05) is 30.3 Å². The molecule has 7 nitrogen and oxygen atoms in total. The first-order valence-corrected chi connectivity index (χ1v) is 8.18. The lowest BCUT2D eigenvalue weighted by Gasteiger charge is -2.20. The normalized spacial score (nSPS) is 11.6. The summed E-state index contributed by atoms with van der Waals surface area (Å²) in [5.74, 6) is -1.29. The highest BCUT2D eigenvalue weighted by atomic mass is 16.6. The van der Waals surface area contributed by atoms with Crippen LogP contribution in [0.2, 0.25) is 0 Å². The Morgan fingerprint density at radius 1 is 1.19 bits per heavy atom. The van der Waals surface area contributed by atoms with Crippen molar-refractivity contribution < 1.29 is 19.6 Å². The summed E-state index contributed by atoms with van der Waals surface area (Å²) >= 11 is 0. The number of ketones is 1. The molecule has 2 N–H and O–H groups in total. The average molecular weight is 356 g/mol. The maximum Gasteiger partial charge on any atom is 0.303 e. The number of hydrogen-bond acceptors (Lipinski definition) is 5. The molecule has 2 aromatic carbocycles. The third-order valence-corrected chi connectivity index (χ3v) is 3.97. The first-order chi connectivity index (χ1) is 12.4. The van der Waals surface area contributed by atoms with Crippen molar-refractivity contribution in [3.8, 4) is 0 Å². The van der Waals surface area contributed by atoms with E-state index < -0.39 is 16.7 Å². The Kier molecular flexibility index (Phi) is 6.43. The molecule has 0 spiro atoms. The average Bonchev–Trinajstić information content (AvgIpc) is 2.60. The molecule has 0 amide bonds. The number of carbonyl (C=O) groups excluding carboxylic acids is 1. The Morgan fingerprint density at radius 3 is 2.46 bits per heavy atom. The number of aliphatic carboxylic acids is 1. The van der Waals surface area contributed by atoms with Gasteiger partial charge >= 0.3 is 5.97 Å². The van der Waals surface area contributed by atoms with E-state index in [0.29, 0.717) is 18.5 Å². The largest absolute Gasteiger partial charge is 0.481 e. The standard InChI is InChI=1S/C19H20N2O5/c1-13(22)17-12-16(7-9-18(17)21(25)26)20-15(8-10-19(23)24)11-14-5-3-2-4-6-14/h2-7,9,12,15,20H,8,10-11H2,1H3,(H,23,24). The van der Waals surface area contributed by atoms with Crippen LogP contribution in [0.25, 0.3) is 0 Å². The lowest BCUT2D eigenvalue weighted by Crippen LogP contribution is -2.23. The van der Waals surface area contributed by atoms with Gasteiger partial charge in [-0.3, -0.25) is 19.7 Å². The van der Waals surface area contributed by atoms with Crippen molar-refractivity contribution >= 4 is 23.1 Å². The molecule has 26 heavy (non-hydrogen) atoms. The minimum absolute atomic E-state index is 0.00293. The third-order valence-electron chi connectivity index (χ3n) is 3.97. The SMILES string of the molecule is CC(=O)c1cc(NC(CCC(=O)O)Cc2ccccc2)ccc1[N+](=O)[O-]. The van der Waals surface area contributed by atoms with Gasteiger partial charge in [-0.15, -0.1) is 0 Å². The summed E-state index contributed by atoms with van der Waals surface area (Å²) in [6, 6.07) is 13.7. The molecule has 0 aliphatic rings. The van der Waals surface area contributed by atoms with Crippen molar-refractivity contribution in [2.24, 2.45) is 0 Å². The van der Waals surface area contributed by atoms with Gasteiger partial charge in [0.25, 0.3) is 5.69 Å². The fourth-order valence-corrected chi connectivity index (χ4v) is 2.72. The zero-order valence-corrected chi connectivity index (χ0v) is 14.3. The maximum absolute atomic E-state index is 11.7. The van der Waals surface area contributed by atoms with E-state index in [0.717, 1.165) is 5.56 Å². The van der Waals surface area contributed by atoms with Gasteiger partial charge in [-0.05, 0) is 37.5 Å². The van der Waals surface area contributed by atoms with Crippen molar-refractivity contribution in [1.82, 2.24) is 0 Å². The second-order valence-electron chi connectivity index (χ2n) is 6.01. The van der Waals surface area contributed by atoms with E-state index in [1.807, 2.05) is 30.3 Å². The molecule has 136 valence electrons. The number of nitro groups is 1. The predicted octanol–water partition coefficient (Wildman–Crippen LogP) is 3.69. The van der Waals surface area contributed by atoms with E-state index in [2.05, 4.69) is 5.32 Å². The molecule has 0 saturated heterocycles. The zero-order chi connectivity index (χ0) is 19.1. The van der Waals surface area contributed by atoms with Gasteiger partial charge in [0.1, 0.15) is 0 Å². The predicted molar refractivity (Wildman–Crippen MR) is 97.5 cm³/mol. The second kappa shape index (κ2) is 8.75. The van der Waals surface area contributed by atoms with Crippen LogP contribution in [0.5, 0.6) is 0 Å². The fraction of sp³-hybridized carbons (Fsp3) is 0.263. The summed E-state index contributed by atoms with van der Waals surface area (Å²) in [5.41, 5.74) is 1.38. The van der Waals surface area contributed by atoms with Crippen LogP contribution in [-0.2, 0) is 11.2 Å². The van der Waals surface area contributed by atoms with Crippen LogP contribution in [-0.4, -0.2) is 27.8 Å². The summed E-state index contributed by atoms with van der Waals surface area (Å²) in [5, 5.41) is 23.2. The van der Waals surface area contributed by atoms with Gasteiger partial charge in [-0.2, -0.15) is 0 Å². The third kappa shape index (κ3) is 5.41. The summed E-state index contributed by atoms with van der Waals surface area (Å²) in [7, 11) is 0. The first-order valence-electron chi connectivity index (χ1n) is 8.18. The van der Waals surface area contributed by atoms with Gasteiger partial charge < -0.3 is 10.4 Å². The lowest BCUT2D eigenvalue weighted by atomic mass is 10.0. The van der Waals surface area contributed by atoms with Gasteiger partial charge in [0.15, 0.2) is 5.78 Å². The van der Waals surface area contributed by atoms with Crippen LogP contribution in [0.3, 0.4) is 0 Å². The molecule has 0 aliphatic carbocycles. The topological polar surface area (TPSA) is 110 Å². The van der Waals surface area contributed by atoms with Crippen LogP contribution in [0.1, 0.15) is 35.7 Å². The molecule has 0 saturated carbocycles. The molecule has 1 atom stereocenters. The van der Waals surface area contributed by atoms with Gasteiger partial charge in [0, 0.05) is 24.2 Å². The number of carboxylic acid groups (broad SMARTS) is 1. The van der Waals surface area contributed by atoms with E-state index in [-0.39, 0.29) is 23.7 Å². The van der Waals surface area contributed by atoms with Crippen LogP contribution >= 0.6 is 0 Å². The summed E-state index contributed by atoms with van der Waals surface area (Å²) in [6.45, 7) is 1.28. The number of nitrogens with one attached hydrogen (secondary N) is 1. The zero-order valence-electron chi connectivity index (χ0n) is 14.3. The van der Waals surface area contributed by atoms with E-state index in [4.69, 9.17) is 5.11 Å². The number of carbonyl (C=O) groups is 2. The number of nitro benzene ring substituents is 1. The Hall–Kier alpha value is -3.22. The van der Waals surface area contributed by atoms with E-state index in [1.54, 1.807) is 0 Å². The van der Waals surface area contributed by atoms with Crippen LogP contribution in [0.15, 0.2) is 48.5 Å². The number of hydrogen-bond donors (Lipinski definition) is 2. The van der Waals surface area contributed by atoms with E-state index in [1.165, 1.54) is 25.1 Å². The summed E-state index contributed by atoms with van der Waals surface area (Å²) in [4.78, 5) is 33.1. The monoisotopic (exact) mass is 356 g/mol. The van der Waals surface area contributed by atoms with Crippen molar-refractivity contribution in [1.29, 1.82) is 0 Å². The number of anilines is 1. The Morgan fingerprint density at radius 2 is 1.88 bits per heavy atom. The quantitative estimate of drug-likeness (QED) is 0.403. The first kappa shape index (κ1) is 19.1. The Bertz CT molecular complexity index is 805. The Balaban J connectivity index is 2.23. The summed E-state index contributed by atoms with van der Waals surface area (Å²) in [6.07, 6.45) is 0.980. The molecule has 0 bridgehead atoms. The van der Waals surface area contributed by atoms with Crippen molar-refractivity contribution in [2.75, 3.05) is 5.32 Å². The molecule has 0 aromatic heterocycles. The van der Waals surface area contributed by atoms with Crippen molar-refractivity contribution in [3.63, 3.8) is 0 Å². The molecule has 0 fully saturated rings. The number of Topliss-reactive ketones (excluding diaryl/α,β-unsaturated/α-hetero) is 1. The van der Waals surface area contributed by atoms with E-state index >= 15 is 0 Å². The highest BCUT2D eigenvalue weighted by Crippen LogP contribution is 2.24. The molecule has 2 rings (SSSR count). The molecule has 0 heterocycles. The van der Waals surface area contributed by atoms with Crippen molar-refractivity contribution in [2.45, 2.75) is 32.2 Å². The number of nitrogens with zero attached hydrogens (tertiary/aromatic N) is 1. The molecular weight excluding hydrogens is 336 g/mol. The number of benzene rings is 2. The molecule has 0 radical (unpaired) electrons. The van der Waals surface area contributed by atoms with E-state index in [9.17, 15) is 19.7 Å². The minimum atomic E-state index is -0.891. The molecule has 1 unspecified atom stereocenters. The molecular formula is C19H20N2O5.